The van der Waals surface area contributed by atoms with E-state index in [1.807, 2.05) is 54.5 Å². The highest BCUT2D eigenvalue weighted by atomic mass is 19.4. The van der Waals surface area contributed by atoms with Crippen molar-refractivity contribution >= 4 is 17.7 Å². The third kappa shape index (κ3) is 5.29. The first-order valence-corrected chi connectivity index (χ1v) is 9.81. The number of hydrogen-bond donors (Lipinski definition) is 2. The summed E-state index contributed by atoms with van der Waals surface area (Å²) < 4.78 is 33.8. The van der Waals surface area contributed by atoms with Gasteiger partial charge in [0.2, 0.25) is 0 Å². The second-order valence-corrected chi connectivity index (χ2v) is 7.14. The second-order valence-electron chi connectivity index (χ2n) is 7.14. The fraction of sp³-hybridized carbons (Fsp3) is 0.217. The Bertz CT molecular complexity index is 1090. The van der Waals surface area contributed by atoms with Crippen LogP contribution in [-0.4, -0.2) is 34.4 Å². The van der Waals surface area contributed by atoms with Crippen molar-refractivity contribution in [2.45, 2.75) is 19.1 Å². The number of rotatable bonds is 4. The number of halogens is 3. The predicted molar refractivity (Wildman–Crippen MR) is 114 cm³/mol. The largest absolute Gasteiger partial charge is 0.490 e. The average molecular weight is 445 g/mol. The van der Waals surface area contributed by atoms with E-state index in [2.05, 4.69) is 34.1 Å². The van der Waals surface area contributed by atoms with E-state index in [4.69, 9.17) is 9.90 Å². The Morgan fingerprint density at radius 2 is 1.75 bits per heavy atom. The van der Waals surface area contributed by atoms with Crippen LogP contribution in [0.15, 0.2) is 66.9 Å². The van der Waals surface area contributed by atoms with Crippen LogP contribution in [0.1, 0.15) is 11.3 Å². The number of urea groups is 1. The number of hydrogen-bond acceptors (Lipinski definition) is 2. The van der Waals surface area contributed by atoms with Crippen LogP contribution in [0.4, 0.5) is 23.7 Å². The van der Waals surface area contributed by atoms with Gasteiger partial charge in [-0.15, -0.1) is 0 Å². The molecule has 0 spiro atoms. The van der Waals surface area contributed by atoms with Gasteiger partial charge in [0.05, 0.1) is 5.69 Å². The fourth-order valence-corrected chi connectivity index (χ4v) is 3.47. The lowest BCUT2D eigenvalue weighted by Gasteiger charge is -2.31. The van der Waals surface area contributed by atoms with Crippen molar-refractivity contribution in [2.24, 2.45) is 7.05 Å². The van der Waals surface area contributed by atoms with E-state index < -0.39 is 12.1 Å². The van der Waals surface area contributed by atoms with Crippen LogP contribution in [0.25, 0.3) is 11.1 Å². The molecule has 0 aliphatic carbocycles. The first-order chi connectivity index (χ1) is 15.2. The molecule has 1 aromatic heterocycles. The molecule has 2 amide bonds. The van der Waals surface area contributed by atoms with E-state index in [9.17, 15) is 18.0 Å². The number of carbonyl (C=O) groups is 2. The summed E-state index contributed by atoms with van der Waals surface area (Å²) in [7, 11) is 2.03. The summed E-state index contributed by atoms with van der Waals surface area (Å²) in [6.07, 6.45) is -2.22. The van der Waals surface area contributed by atoms with Gasteiger partial charge in [0.25, 0.3) is 0 Å². The molecule has 9 heteroatoms. The van der Waals surface area contributed by atoms with Gasteiger partial charge in [0.1, 0.15) is 0 Å². The minimum absolute atomic E-state index is 0.0214. The van der Waals surface area contributed by atoms with Gasteiger partial charge in [-0.05, 0) is 29.3 Å². The third-order valence-corrected chi connectivity index (χ3v) is 5.07. The Morgan fingerprint density at radius 3 is 2.34 bits per heavy atom. The molecule has 1 aliphatic heterocycles. The number of aliphatic carboxylic acids is 1. The molecule has 0 unspecified atom stereocenters. The summed E-state index contributed by atoms with van der Waals surface area (Å²) in [4.78, 5) is 23.2. The maximum Gasteiger partial charge on any atom is 0.490 e. The number of anilines is 1. The minimum Gasteiger partial charge on any atom is -0.475 e. The summed E-state index contributed by atoms with van der Waals surface area (Å²) in [5, 5.41) is 10.1. The quantitative estimate of drug-likeness (QED) is 0.617. The van der Waals surface area contributed by atoms with E-state index in [0.717, 1.165) is 12.1 Å². The van der Waals surface area contributed by atoms with Crippen LogP contribution >= 0.6 is 0 Å². The van der Waals surface area contributed by atoms with E-state index in [1.165, 1.54) is 22.4 Å². The molecule has 0 fully saturated rings. The van der Waals surface area contributed by atoms with Crippen LogP contribution in [0.3, 0.4) is 0 Å². The van der Waals surface area contributed by atoms with Crippen molar-refractivity contribution in [1.82, 2.24) is 9.88 Å². The highest BCUT2D eigenvalue weighted by molar-refractivity contribution is 5.96. The van der Waals surface area contributed by atoms with Gasteiger partial charge in [-0.25, -0.2) is 9.59 Å². The zero-order valence-corrected chi connectivity index (χ0v) is 17.3. The molecule has 0 atom stereocenters. The molecule has 0 saturated heterocycles. The number of benzene rings is 2. The van der Waals surface area contributed by atoms with Gasteiger partial charge >= 0.3 is 18.2 Å². The standard InChI is InChI=1S/C21H21N3O.C2HF3O2/c1-23-13-6-9-17(23)12-14-24-20-11-5-10-18(16-7-3-2-4-8-16)19(20)15-22-21(24)25;3-2(4,5)1(6)7/h2-11,13H,12,14-15H2,1H3,(H,22,25);(H,6,7). The Labute approximate surface area is 182 Å². The van der Waals surface area contributed by atoms with Crippen molar-refractivity contribution < 1.29 is 27.9 Å². The van der Waals surface area contributed by atoms with Gasteiger partial charge in [-0.3, -0.25) is 4.90 Å². The van der Waals surface area contributed by atoms with Crippen molar-refractivity contribution in [3.8, 4) is 11.1 Å². The SMILES string of the molecule is Cn1cccc1CCN1C(=O)NCc2c(-c3ccccc3)cccc21.O=C(O)C(F)(F)F. The fourth-order valence-electron chi connectivity index (χ4n) is 3.47. The number of nitrogens with one attached hydrogen (secondary N) is 1. The summed E-state index contributed by atoms with van der Waals surface area (Å²) in [5.74, 6) is -2.76. The smallest absolute Gasteiger partial charge is 0.475 e. The molecule has 32 heavy (non-hydrogen) atoms. The molecule has 168 valence electrons. The predicted octanol–water partition coefficient (Wildman–Crippen LogP) is 4.60. The number of carboxylic acids is 1. The van der Waals surface area contributed by atoms with E-state index >= 15 is 0 Å². The van der Waals surface area contributed by atoms with Gasteiger partial charge in [-0.1, -0.05) is 42.5 Å². The molecule has 0 radical (unpaired) electrons. The summed E-state index contributed by atoms with van der Waals surface area (Å²) >= 11 is 0. The molecule has 1 aliphatic rings. The summed E-state index contributed by atoms with van der Waals surface area (Å²) in [6.45, 7) is 1.23. The van der Waals surface area contributed by atoms with Crippen LogP contribution < -0.4 is 10.2 Å². The van der Waals surface area contributed by atoms with Gasteiger partial charge < -0.3 is 15.0 Å². The van der Waals surface area contributed by atoms with Gasteiger partial charge in [0.15, 0.2) is 0 Å². The number of fused-ring (bicyclic) bond motifs is 1. The normalized spacial score (nSPS) is 13.0. The first-order valence-electron chi connectivity index (χ1n) is 9.81. The molecule has 2 aromatic carbocycles. The van der Waals surface area contributed by atoms with Crippen LogP contribution in [0.2, 0.25) is 0 Å². The number of carbonyl (C=O) groups excluding carboxylic acids is 1. The maximum absolute atomic E-state index is 12.5. The van der Waals surface area contributed by atoms with Crippen LogP contribution in [0.5, 0.6) is 0 Å². The summed E-state index contributed by atoms with van der Waals surface area (Å²) in [5.41, 5.74) is 5.78. The number of nitrogens with zero attached hydrogens (tertiary/aromatic N) is 2. The third-order valence-electron chi connectivity index (χ3n) is 5.07. The van der Waals surface area contributed by atoms with Crippen molar-refractivity contribution in [1.29, 1.82) is 0 Å². The molecule has 4 rings (SSSR count). The minimum atomic E-state index is -5.08. The summed E-state index contributed by atoms with van der Waals surface area (Å²) in [6, 6.07) is 20.7. The zero-order valence-electron chi connectivity index (χ0n) is 17.3. The van der Waals surface area contributed by atoms with E-state index in [0.29, 0.717) is 13.1 Å². The number of aromatic nitrogens is 1. The monoisotopic (exact) mass is 445 g/mol. The van der Waals surface area contributed by atoms with Gasteiger partial charge in [0, 0.05) is 44.0 Å². The second kappa shape index (κ2) is 9.59. The lowest BCUT2D eigenvalue weighted by Crippen LogP contribution is -2.45. The number of carboxylic acid groups (broad SMARTS) is 1. The lowest BCUT2D eigenvalue weighted by molar-refractivity contribution is -0.192. The van der Waals surface area contributed by atoms with Crippen LogP contribution in [-0.2, 0) is 24.8 Å². The van der Waals surface area contributed by atoms with E-state index in [1.54, 1.807) is 0 Å². The molecule has 3 aromatic rings. The van der Waals surface area contributed by atoms with Crippen LogP contribution in [0, 0.1) is 0 Å². The van der Waals surface area contributed by atoms with Crippen molar-refractivity contribution in [2.75, 3.05) is 11.4 Å². The molecule has 0 saturated carbocycles. The molecular formula is C23H22F3N3O3. The first kappa shape index (κ1) is 22.9. The molecule has 6 nitrogen and oxygen atoms in total. The molecular weight excluding hydrogens is 423 g/mol. The Hall–Kier alpha value is -3.75. The Balaban J connectivity index is 0.000000360. The number of amides is 2. The highest BCUT2D eigenvalue weighted by Gasteiger charge is 2.38. The molecule has 2 heterocycles. The average Bonchev–Trinajstić information content (AvgIpc) is 3.17. The van der Waals surface area contributed by atoms with E-state index in [-0.39, 0.29) is 6.03 Å². The molecule has 2 N–H and O–H groups in total. The van der Waals surface area contributed by atoms with Crippen molar-refractivity contribution in [3.63, 3.8) is 0 Å². The maximum atomic E-state index is 12.5. The Kier molecular flexibility index (Phi) is 6.87. The highest BCUT2D eigenvalue weighted by Crippen LogP contribution is 2.33. The zero-order chi connectivity index (χ0) is 23.3. The van der Waals surface area contributed by atoms with Gasteiger partial charge in [-0.2, -0.15) is 13.2 Å². The van der Waals surface area contributed by atoms with Crippen molar-refractivity contribution in [3.05, 3.63) is 78.1 Å². The molecule has 0 bridgehead atoms. The topological polar surface area (TPSA) is 74.6 Å². The number of alkyl halides is 3. The number of aryl methyl sites for hydroxylation is 1. The Morgan fingerprint density at radius 1 is 1.06 bits per heavy atom. The lowest BCUT2D eigenvalue weighted by atomic mass is 9.96.